The number of ether oxygens (including phenoxy) is 1. The Morgan fingerprint density at radius 3 is 2.53 bits per heavy atom. The number of ketones is 1. The molecule has 0 fully saturated rings. The van der Waals surface area contributed by atoms with Crippen LogP contribution in [0.5, 0.6) is 5.75 Å². The SMILES string of the molecule is CCC(C)(CC(=O)c1ccc2ccccc2c1OCc1nc2cc(C(F)(F)F)ccc2s1)C(=O)N=O. The average Bonchev–Trinajstić information content (AvgIpc) is 3.28. The number of alkyl halides is 3. The third-order valence-electron chi connectivity index (χ3n) is 6.21. The first-order valence-corrected chi connectivity index (χ1v) is 11.9. The highest BCUT2D eigenvalue weighted by molar-refractivity contribution is 7.18. The Bertz CT molecular complexity index is 1480. The summed E-state index contributed by atoms with van der Waals surface area (Å²) in [7, 11) is 0. The van der Waals surface area contributed by atoms with E-state index in [1.54, 1.807) is 31.2 Å². The molecule has 0 bridgehead atoms. The van der Waals surface area contributed by atoms with Gasteiger partial charge in [-0.15, -0.1) is 16.2 Å². The van der Waals surface area contributed by atoms with E-state index in [1.807, 2.05) is 12.1 Å². The molecule has 36 heavy (non-hydrogen) atoms. The Hall–Kier alpha value is -3.66. The summed E-state index contributed by atoms with van der Waals surface area (Å²) in [5, 5.41) is 4.42. The number of carbonyl (C=O) groups excluding carboxylic acids is 2. The molecule has 10 heteroatoms. The third kappa shape index (κ3) is 4.99. The highest BCUT2D eigenvalue weighted by Crippen LogP contribution is 2.37. The molecule has 3 aromatic carbocycles. The van der Waals surface area contributed by atoms with Crippen LogP contribution in [0.15, 0.2) is 59.8 Å². The van der Waals surface area contributed by atoms with Crippen molar-refractivity contribution in [2.75, 3.05) is 0 Å². The summed E-state index contributed by atoms with van der Waals surface area (Å²) in [4.78, 5) is 40.5. The van der Waals surface area contributed by atoms with Gasteiger partial charge in [0, 0.05) is 17.0 Å². The van der Waals surface area contributed by atoms with Gasteiger partial charge in [0.1, 0.15) is 17.4 Å². The fraction of sp³-hybridized carbons (Fsp3) is 0.269. The lowest BCUT2D eigenvalue weighted by atomic mass is 9.80. The second kappa shape index (κ2) is 9.77. The van der Waals surface area contributed by atoms with Crippen molar-refractivity contribution in [2.45, 2.75) is 39.5 Å². The zero-order valence-corrected chi connectivity index (χ0v) is 20.2. The largest absolute Gasteiger partial charge is 0.485 e. The number of carbonyl (C=O) groups is 2. The van der Waals surface area contributed by atoms with E-state index in [2.05, 4.69) is 10.2 Å². The molecule has 4 aromatic rings. The van der Waals surface area contributed by atoms with Gasteiger partial charge in [-0.25, -0.2) is 4.98 Å². The molecule has 0 saturated carbocycles. The summed E-state index contributed by atoms with van der Waals surface area (Å²) in [5.74, 6) is -1.01. The molecular formula is C26H21F3N2O4S. The van der Waals surface area contributed by atoms with Crippen LogP contribution in [0, 0.1) is 10.3 Å². The zero-order valence-electron chi connectivity index (χ0n) is 19.4. The van der Waals surface area contributed by atoms with Gasteiger partial charge in [-0.05, 0) is 36.1 Å². The first-order chi connectivity index (χ1) is 17.1. The lowest BCUT2D eigenvalue weighted by Crippen LogP contribution is -2.28. The molecule has 1 heterocycles. The Balaban J connectivity index is 1.68. The van der Waals surface area contributed by atoms with Gasteiger partial charge in [0.2, 0.25) is 0 Å². The highest BCUT2D eigenvalue weighted by Gasteiger charge is 2.36. The van der Waals surface area contributed by atoms with Crippen LogP contribution < -0.4 is 4.74 Å². The second-order valence-corrected chi connectivity index (χ2v) is 9.77. The highest BCUT2D eigenvalue weighted by atomic mass is 32.1. The van der Waals surface area contributed by atoms with Crippen LogP contribution in [0.3, 0.4) is 0 Å². The Kier molecular flexibility index (Phi) is 6.90. The molecule has 1 aromatic heterocycles. The van der Waals surface area contributed by atoms with Gasteiger partial charge in [0.05, 0.1) is 26.8 Å². The van der Waals surface area contributed by atoms with Gasteiger partial charge >= 0.3 is 6.18 Å². The van der Waals surface area contributed by atoms with E-state index in [0.717, 1.165) is 17.5 Å². The standard InChI is InChI=1S/C26H21F3N2O4S/c1-3-25(2,24(33)31-34)13-20(32)18-10-8-15-6-4-5-7-17(15)23(18)35-14-22-30-19-12-16(26(27,28)29)9-11-21(19)36-22/h4-12H,3,13-14H2,1-2H3. The predicted molar refractivity (Wildman–Crippen MR) is 131 cm³/mol. The lowest BCUT2D eigenvalue weighted by Gasteiger charge is -2.22. The molecule has 0 aliphatic rings. The summed E-state index contributed by atoms with van der Waals surface area (Å²) in [6.07, 6.45) is -4.46. The van der Waals surface area contributed by atoms with Crippen molar-refractivity contribution in [3.63, 3.8) is 0 Å². The fourth-order valence-electron chi connectivity index (χ4n) is 3.88. The molecule has 1 amide bonds. The van der Waals surface area contributed by atoms with Crippen molar-refractivity contribution in [2.24, 2.45) is 10.6 Å². The number of nitroso groups, excluding NO2 is 1. The second-order valence-electron chi connectivity index (χ2n) is 8.65. The minimum atomic E-state index is -4.47. The topological polar surface area (TPSA) is 85.7 Å². The van der Waals surface area contributed by atoms with E-state index >= 15 is 0 Å². The Morgan fingerprint density at radius 1 is 1.08 bits per heavy atom. The van der Waals surface area contributed by atoms with E-state index in [4.69, 9.17) is 4.74 Å². The molecular weight excluding hydrogens is 493 g/mol. The summed E-state index contributed by atoms with van der Waals surface area (Å²) in [6, 6.07) is 14.0. The smallest absolute Gasteiger partial charge is 0.416 e. The molecule has 4 rings (SSSR count). The number of benzene rings is 3. The fourth-order valence-corrected chi connectivity index (χ4v) is 4.74. The minimum absolute atomic E-state index is 0.0745. The first-order valence-electron chi connectivity index (χ1n) is 11.1. The maximum atomic E-state index is 13.3. The molecule has 1 atom stereocenters. The van der Waals surface area contributed by atoms with E-state index < -0.39 is 28.8 Å². The molecule has 0 spiro atoms. The van der Waals surface area contributed by atoms with Gasteiger partial charge in [-0.1, -0.05) is 44.2 Å². The number of amides is 1. The molecule has 0 N–H and O–H groups in total. The van der Waals surface area contributed by atoms with Gasteiger partial charge in [0.15, 0.2) is 5.78 Å². The van der Waals surface area contributed by atoms with Crippen molar-refractivity contribution < 1.29 is 27.5 Å². The lowest BCUT2D eigenvalue weighted by molar-refractivity contribution is -0.137. The van der Waals surface area contributed by atoms with Crippen LogP contribution in [-0.4, -0.2) is 16.7 Å². The Labute approximate surface area is 208 Å². The van der Waals surface area contributed by atoms with E-state index in [1.165, 1.54) is 24.3 Å². The summed E-state index contributed by atoms with van der Waals surface area (Å²) in [6.45, 7) is 3.15. The normalized spacial score (nSPS) is 13.5. The number of rotatable bonds is 8. The molecule has 0 aliphatic heterocycles. The first kappa shape index (κ1) is 25.4. The number of thiazole rings is 1. The maximum absolute atomic E-state index is 13.3. The maximum Gasteiger partial charge on any atom is 0.416 e. The molecule has 0 aliphatic carbocycles. The van der Waals surface area contributed by atoms with Crippen LogP contribution in [0.2, 0.25) is 0 Å². The minimum Gasteiger partial charge on any atom is -0.485 e. The molecule has 186 valence electrons. The number of hydrogen-bond donors (Lipinski definition) is 0. The predicted octanol–water partition coefficient (Wildman–Crippen LogP) is 7.33. The quantitative estimate of drug-likeness (QED) is 0.182. The molecule has 1 unspecified atom stereocenters. The van der Waals surface area contributed by atoms with Gasteiger partial charge in [0.25, 0.3) is 5.91 Å². The van der Waals surface area contributed by atoms with Crippen molar-refractivity contribution in [1.82, 2.24) is 4.98 Å². The van der Waals surface area contributed by atoms with E-state index in [9.17, 15) is 27.7 Å². The summed E-state index contributed by atoms with van der Waals surface area (Å²) in [5.41, 5.74) is -1.59. The Morgan fingerprint density at radius 2 is 1.83 bits per heavy atom. The molecule has 0 saturated heterocycles. The molecule has 6 nitrogen and oxygen atoms in total. The summed E-state index contributed by atoms with van der Waals surface area (Å²) < 4.78 is 45.8. The zero-order chi connectivity index (χ0) is 26.1. The van der Waals surface area contributed by atoms with Crippen LogP contribution in [-0.2, 0) is 17.6 Å². The van der Waals surface area contributed by atoms with Crippen LogP contribution >= 0.6 is 11.3 Å². The van der Waals surface area contributed by atoms with Crippen LogP contribution in [0.1, 0.15) is 47.6 Å². The van der Waals surface area contributed by atoms with E-state index in [-0.39, 0.29) is 36.3 Å². The summed E-state index contributed by atoms with van der Waals surface area (Å²) >= 11 is 1.20. The number of hydrogen-bond acceptors (Lipinski definition) is 6. The average molecular weight is 515 g/mol. The number of Topliss-reactive ketones (excluding diaryl/α,β-unsaturated/α-hetero) is 1. The van der Waals surface area contributed by atoms with Crippen molar-refractivity contribution >= 4 is 44.0 Å². The van der Waals surface area contributed by atoms with Crippen LogP contribution in [0.25, 0.3) is 21.0 Å². The van der Waals surface area contributed by atoms with E-state index in [0.29, 0.717) is 15.1 Å². The third-order valence-corrected chi connectivity index (χ3v) is 7.22. The van der Waals surface area contributed by atoms with Gasteiger partial charge in [-0.2, -0.15) is 13.2 Å². The number of fused-ring (bicyclic) bond motifs is 2. The van der Waals surface area contributed by atoms with Crippen molar-refractivity contribution in [3.8, 4) is 5.75 Å². The van der Waals surface area contributed by atoms with Gasteiger partial charge < -0.3 is 4.74 Å². The van der Waals surface area contributed by atoms with Crippen molar-refractivity contribution in [1.29, 1.82) is 0 Å². The monoisotopic (exact) mass is 514 g/mol. The number of aromatic nitrogens is 1. The van der Waals surface area contributed by atoms with Crippen molar-refractivity contribution in [3.05, 3.63) is 75.6 Å². The van der Waals surface area contributed by atoms with Crippen LogP contribution in [0.4, 0.5) is 13.2 Å². The molecule has 0 radical (unpaired) electrons. The van der Waals surface area contributed by atoms with Gasteiger partial charge in [-0.3, -0.25) is 9.59 Å². The number of nitrogens with zero attached hydrogens (tertiary/aromatic N) is 2. The number of halogens is 3.